The molecular formula is C21H35N5O2. The average Bonchev–Trinajstić information content (AvgIpc) is 3.39. The zero-order valence-electron chi connectivity index (χ0n) is 17.3. The van der Waals surface area contributed by atoms with E-state index in [0.29, 0.717) is 31.7 Å². The highest BCUT2D eigenvalue weighted by molar-refractivity contribution is 5.80. The van der Waals surface area contributed by atoms with Crippen LogP contribution in [0.2, 0.25) is 0 Å². The molecule has 1 saturated heterocycles. The molecule has 7 nitrogen and oxygen atoms in total. The monoisotopic (exact) mass is 389 g/mol. The van der Waals surface area contributed by atoms with Crippen LogP contribution in [0.4, 0.5) is 0 Å². The maximum absolute atomic E-state index is 5.72. The van der Waals surface area contributed by atoms with E-state index in [0.717, 1.165) is 30.7 Å². The Morgan fingerprint density at radius 2 is 2.14 bits per heavy atom. The molecule has 2 heterocycles. The number of pyridine rings is 1. The van der Waals surface area contributed by atoms with E-state index in [2.05, 4.69) is 27.4 Å². The number of aromatic nitrogens is 1. The first kappa shape index (κ1) is 20.9. The van der Waals surface area contributed by atoms with Crippen molar-refractivity contribution in [1.29, 1.82) is 0 Å². The van der Waals surface area contributed by atoms with Gasteiger partial charge in [-0.15, -0.1) is 0 Å². The van der Waals surface area contributed by atoms with Crippen molar-refractivity contribution in [3.8, 4) is 5.88 Å². The van der Waals surface area contributed by atoms with Crippen molar-refractivity contribution in [2.45, 2.75) is 57.7 Å². The minimum atomic E-state index is 0.463. The van der Waals surface area contributed by atoms with Gasteiger partial charge in [-0.25, -0.2) is 9.98 Å². The second kappa shape index (κ2) is 11.2. The van der Waals surface area contributed by atoms with Crippen molar-refractivity contribution < 1.29 is 9.47 Å². The Balaban J connectivity index is 1.56. The summed E-state index contributed by atoms with van der Waals surface area (Å²) in [6.07, 6.45) is 8.45. The van der Waals surface area contributed by atoms with Gasteiger partial charge in [0, 0.05) is 50.6 Å². The number of likely N-dealkylation sites (tertiary alicyclic amines) is 1. The predicted octanol–water partition coefficient (Wildman–Crippen LogP) is 2.18. The molecule has 1 aliphatic carbocycles. The molecule has 0 aromatic carbocycles. The first-order valence-corrected chi connectivity index (χ1v) is 10.6. The summed E-state index contributed by atoms with van der Waals surface area (Å²) >= 11 is 0. The fraction of sp³-hybridized carbons (Fsp3) is 0.714. The molecule has 7 heteroatoms. The van der Waals surface area contributed by atoms with Crippen LogP contribution in [0.1, 0.15) is 44.6 Å². The third kappa shape index (κ3) is 6.07. The Labute approximate surface area is 168 Å². The van der Waals surface area contributed by atoms with Crippen molar-refractivity contribution in [2.75, 3.05) is 40.0 Å². The summed E-state index contributed by atoms with van der Waals surface area (Å²) in [7, 11) is 1.66. The smallest absolute Gasteiger partial charge is 0.218 e. The molecular weight excluding hydrogens is 354 g/mol. The summed E-state index contributed by atoms with van der Waals surface area (Å²) in [5.41, 5.74) is 0.981. The topological polar surface area (TPSA) is 71.0 Å². The number of nitrogens with zero attached hydrogens (tertiary/aromatic N) is 3. The second-order valence-electron chi connectivity index (χ2n) is 7.57. The van der Waals surface area contributed by atoms with Gasteiger partial charge in [-0.3, -0.25) is 4.90 Å². The lowest BCUT2D eigenvalue weighted by Crippen LogP contribution is -2.45. The molecule has 0 amide bonds. The van der Waals surface area contributed by atoms with Gasteiger partial charge in [-0.1, -0.05) is 18.9 Å². The van der Waals surface area contributed by atoms with Gasteiger partial charge in [0.05, 0.1) is 13.2 Å². The van der Waals surface area contributed by atoms with Crippen molar-refractivity contribution in [1.82, 2.24) is 20.5 Å². The lowest BCUT2D eigenvalue weighted by atomic mass is 10.2. The first-order chi connectivity index (χ1) is 13.8. The van der Waals surface area contributed by atoms with Crippen LogP contribution in [0.25, 0.3) is 0 Å². The highest BCUT2D eigenvalue weighted by Gasteiger charge is 2.30. The minimum absolute atomic E-state index is 0.463. The number of aliphatic imine (C=N–C) groups is 1. The Hall–Kier alpha value is -1.86. The molecule has 3 rings (SSSR count). The summed E-state index contributed by atoms with van der Waals surface area (Å²) in [4.78, 5) is 11.8. The largest absolute Gasteiger partial charge is 0.475 e. The zero-order chi connectivity index (χ0) is 19.6. The number of ether oxygens (including phenoxy) is 2. The molecule has 0 radical (unpaired) electrons. The van der Waals surface area contributed by atoms with Gasteiger partial charge < -0.3 is 20.1 Å². The van der Waals surface area contributed by atoms with Crippen molar-refractivity contribution in [3.05, 3.63) is 23.9 Å². The fourth-order valence-corrected chi connectivity index (χ4v) is 4.08. The van der Waals surface area contributed by atoms with E-state index >= 15 is 0 Å². The molecule has 2 N–H and O–H groups in total. The van der Waals surface area contributed by atoms with E-state index in [1.54, 1.807) is 13.3 Å². The number of hydrogen-bond donors (Lipinski definition) is 2. The number of methoxy groups -OCH3 is 1. The fourth-order valence-electron chi connectivity index (χ4n) is 4.08. The Morgan fingerprint density at radius 3 is 2.93 bits per heavy atom. The van der Waals surface area contributed by atoms with Crippen molar-refractivity contribution >= 4 is 5.96 Å². The quantitative estimate of drug-likeness (QED) is 0.383. The summed E-state index contributed by atoms with van der Waals surface area (Å²) in [6.45, 7) is 6.82. The standard InChI is InChI=1S/C21H35N5O2/c1-3-22-21(25-18-10-12-26(16-18)19-8-4-5-9-19)24-15-17-7-6-11-23-20(17)28-14-13-27-2/h6-7,11,18-19H,3-5,8-10,12-16H2,1-2H3,(H2,22,24,25). The Morgan fingerprint density at radius 1 is 1.29 bits per heavy atom. The molecule has 0 spiro atoms. The summed E-state index contributed by atoms with van der Waals surface area (Å²) < 4.78 is 10.8. The van der Waals surface area contributed by atoms with Gasteiger partial charge in [0.25, 0.3) is 0 Å². The third-order valence-electron chi connectivity index (χ3n) is 5.53. The lowest BCUT2D eigenvalue weighted by molar-refractivity contribution is 0.143. The summed E-state index contributed by atoms with van der Waals surface area (Å²) in [6, 6.07) is 5.20. The van der Waals surface area contributed by atoms with E-state index in [-0.39, 0.29) is 0 Å². The molecule has 1 saturated carbocycles. The van der Waals surface area contributed by atoms with Crippen molar-refractivity contribution in [3.63, 3.8) is 0 Å². The Bertz CT molecular complexity index is 619. The lowest BCUT2D eigenvalue weighted by Gasteiger charge is -2.24. The van der Waals surface area contributed by atoms with Gasteiger partial charge >= 0.3 is 0 Å². The summed E-state index contributed by atoms with van der Waals surface area (Å²) in [5.74, 6) is 1.50. The number of nitrogens with one attached hydrogen (secondary N) is 2. The van der Waals surface area contributed by atoms with Crippen molar-refractivity contribution in [2.24, 2.45) is 4.99 Å². The van der Waals surface area contributed by atoms with Gasteiger partial charge in [-0.2, -0.15) is 0 Å². The van der Waals surface area contributed by atoms with Crippen LogP contribution >= 0.6 is 0 Å². The SMILES string of the molecule is CCNC(=NCc1cccnc1OCCOC)NC1CCN(C2CCCC2)C1. The third-order valence-corrected chi connectivity index (χ3v) is 5.53. The van der Waals surface area contributed by atoms with Crippen LogP contribution in [-0.2, 0) is 11.3 Å². The first-order valence-electron chi connectivity index (χ1n) is 10.6. The molecule has 28 heavy (non-hydrogen) atoms. The average molecular weight is 390 g/mol. The van der Waals surface area contributed by atoms with E-state index in [4.69, 9.17) is 14.5 Å². The minimum Gasteiger partial charge on any atom is -0.475 e. The van der Waals surface area contributed by atoms with Gasteiger partial charge in [-0.05, 0) is 32.3 Å². The van der Waals surface area contributed by atoms with Crippen LogP contribution in [0.5, 0.6) is 5.88 Å². The van der Waals surface area contributed by atoms with E-state index in [9.17, 15) is 0 Å². The van der Waals surface area contributed by atoms with Crippen LogP contribution in [0.3, 0.4) is 0 Å². The normalized spacial score (nSPS) is 21.2. The maximum Gasteiger partial charge on any atom is 0.218 e. The highest BCUT2D eigenvalue weighted by atomic mass is 16.5. The predicted molar refractivity (Wildman–Crippen MR) is 112 cm³/mol. The second-order valence-corrected chi connectivity index (χ2v) is 7.57. The van der Waals surface area contributed by atoms with Crippen LogP contribution in [-0.4, -0.2) is 67.9 Å². The van der Waals surface area contributed by atoms with E-state index in [1.807, 2.05) is 12.1 Å². The number of hydrogen-bond acceptors (Lipinski definition) is 5. The molecule has 1 unspecified atom stereocenters. The molecule has 2 aliphatic rings. The molecule has 0 bridgehead atoms. The molecule has 1 aromatic rings. The van der Waals surface area contributed by atoms with Crippen LogP contribution < -0.4 is 15.4 Å². The molecule has 1 aromatic heterocycles. The van der Waals surface area contributed by atoms with Crippen LogP contribution in [0, 0.1) is 0 Å². The molecule has 2 fully saturated rings. The Kier molecular flexibility index (Phi) is 8.36. The van der Waals surface area contributed by atoms with E-state index < -0.39 is 0 Å². The van der Waals surface area contributed by atoms with Crippen LogP contribution in [0.15, 0.2) is 23.3 Å². The maximum atomic E-state index is 5.72. The summed E-state index contributed by atoms with van der Waals surface area (Å²) in [5, 5.41) is 7.00. The number of guanidine groups is 1. The highest BCUT2D eigenvalue weighted by Crippen LogP contribution is 2.26. The number of rotatable bonds is 9. The van der Waals surface area contributed by atoms with Gasteiger partial charge in [0.15, 0.2) is 5.96 Å². The van der Waals surface area contributed by atoms with Gasteiger partial charge in [0.2, 0.25) is 5.88 Å². The molecule has 156 valence electrons. The zero-order valence-corrected chi connectivity index (χ0v) is 17.3. The van der Waals surface area contributed by atoms with E-state index in [1.165, 1.54) is 38.6 Å². The van der Waals surface area contributed by atoms with Gasteiger partial charge in [0.1, 0.15) is 6.61 Å². The molecule has 1 aliphatic heterocycles. The molecule has 1 atom stereocenters.